The van der Waals surface area contributed by atoms with E-state index in [-0.39, 0.29) is 0 Å². The molecule has 1 aromatic heterocycles. The van der Waals surface area contributed by atoms with Gasteiger partial charge in [0.05, 0.1) is 22.0 Å². The van der Waals surface area contributed by atoms with Crippen LogP contribution < -0.4 is 11.1 Å². The molecule has 0 unspecified atom stereocenters. The van der Waals surface area contributed by atoms with E-state index in [9.17, 15) is 0 Å². The van der Waals surface area contributed by atoms with Crippen molar-refractivity contribution in [3.63, 3.8) is 0 Å². The van der Waals surface area contributed by atoms with Gasteiger partial charge in [-0.25, -0.2) is 0 Å². The summed E-state index contributed by atoms with van der Waals surface area (Å²) in [6, 6.07) is 0. The topological polar surface area (TPSA) is 54.2 Å². The lowest BCUT2D eigenvalue weighted by molar-refractivity contribution is 0.316. The molecule has 0 aromatic carbocycles. The van der Waals surface area contributed by atoms with Gasteiger partial charge in [0.25, 0.3) is 0 Å². The minimum atomic E-state index is 0.675. The van der Waals surface area contributed by atoms with Crippen molar-refractivity contribution in [1.29, 1.82) is 0 Å². The second-order valence-electron chi connectivity index (χ2n) is 3.54. The average molecular weight is 287 g/mol. The number of likely N-dealkylation sites (N-methyl/N-ethyl adjacent to an activating group) is 1. The Morgan fingerprint density at radius 2 is 2.06 bits per heavy atom. The molecule has 0 spiro atoms. The Morgan fingerprint density at radius 3 is 2.62 bits per heavy atom. The monoisotopic (exact) mass is 286 g/mol. The van der Waals surface area contributed by atoms with Gasteiger partial charge in [-0.1, -0.05) is 13.8 Å². The average Bonchev–Trinajstić information content (AvgIpc) is 2.28. The molecule has 0 bridgehead atoms. The molecule has 0 aliphatic heterocycles. The molecule has 0 aliphatic carbocycles. The molecular formula is C11H19BrN4. The van der Waals surface area contributed by atoms with E-state index in [1.807, 2.05) is 0 Å². The van der Waals surface area contributed by atoms with Crippen LogP contribution in [0.4, 0.5) is 11.4 Å². The van der Waals surface area contributed by atoms with E-state index in [1.54, 1.807) is 12.4 Å². The molecule has 1 rings (SSSR count). The third kappa shape index (κ3) is 3.64. The fourth-order valence-corrected chi connectivity index (χ4v) is 2.00. The summed E-state index contributed by atoms with van der Waals surface area (Å²) in [5.74, 6) is 0. The van der Waals surface area contributed by atoms with E-state index in [1.165, 1.54) is 0 Å². The first-order valence-electron chi connectivity index (χ1n) is 5.54. The molecule has 16 heavy (non-hydrogen) atoms. The maximum absolute atomic E-state index is 5.83. The Kier molecular flexibility index (Phi) is 5.55. The van der Waals surface area contributed by atoms with Gasteiger partial charge in [0.2, 0.25) is 0 Å². The SMILES string of the molecule is CCN(CC)CCNc1c(N)cncc1Br. The summed E-state index contributed by atoms with van der Waals surface area (Å²) in [4.78, 5) is 6.36. The lowest BCUT2D eigenvalue weighted by Gasteiger charge is -2.19. The second kappa shape index (κ2) is 6.70. The minimum absolute atomic E-state index is 0.675. The van der Waals surface area contributed by atoms with Crippen LogP contribution in [-0.4, -0.2) is 36.1 Å². The molecule has 90 valence electrons. The maximum Gasteiger partial charge on any atom is 0.0750 e. The largest absolute Gasteiger partial charge is 0.396 e. The molecule has 1 aromatic rings. The Balaban J connectivity index is 2.48. The van der Waals surface area contributed by atoms with Crippen LogP contribution >= 0.6 is 15.9 Å². The van der Waals surface area contributed by atoms with Crippen molar-refractivity contribution in [3.8, 4) is 0 Å². The number of nitrogen functional groups attached to an aromatic ring is 1. The fourth-order valence-electron chi connectivity index (χ4n) is 1.52. The molecule has 0 amide bonds. The minimum Gasteiger partial charge on any atom is -0.396 e. The van der Waals surface area contributed by atoms with Gasteiger partial charge in [-0.2, -0.15) is 0 Å². The van der Waals surface area contributed by atoms with Crippen molar-refractivity contribution in [2.45, 2.75) is 13.8 Å². The van der Waals surface area contributed by atoms with Gasteiger partial charge >= 0.3 is 0 Å². The molecule has 3 N–H and O–H groups in total. The first-order chi connectivity index (χ1) is 7.69. The van der Waals surface area contributed by atoms with Gasteiger partial charge < -0.3 is 16.0 Å². The molecule has 1 heterocycles. The van der Waals surface area contributed by atoms with E-state index in [4.69, 9.17) is 5.73 Å². The number of anilines is 2. The molecular weight excluding hydrogens is 268 g/mol. The number of nitrogens with zero attached hydrogens (tertiary/aromatic N) is 2. The number of hydrogen-bond donors (Lipinski definition) is 2. The van der Waals surface area contributed by atoms with Crippen LogP contribution in [-0.2, 0) is 0 Å². The van der Waals surface area contributed by atoms with Crippen molar-refractivity contribution in [3.05, 3.63) is 16.9 Å². The Morgan fingerprint density at radius 1 is 1.38 bits per heavy atom. The zero-order valence-electron chi connectivity index (χ0n) is 9.83. The number of nitrogens with two attached hydrogens (primary N) is 1. The summed E-state index contributed by atoms with van der Waals surface area (Å²) in [6.45, 7) is 8.38. The van der Waals surface area contributed by atoms with Crippen molar-refractivity contribution in [2.75, 3.05) is 37.2 Å². The molecule has 0 saturated carbocycles. The van der Waals surface area contributed by atoms with Crippen LogP contribution in [0.1, 0.15) is 13.8 Å². The second-order valence-corrected chi connectivity index (χ2v) is 4.39. The number of rotatable bonds is 6. The van der Waals surface area contributed by atoms with Crippen molar-refractivity contribution in [1.82, 2.24) is 9.88 Å². The summed E-state index contributed by atoms with van der Waals surface area (Å²) in [5.41, 5.74) is 7.44. The number of pyridine rings is 1. The number of hydrogen-bond acceptors (Lipinski definition) is 4. The number of aromatic nitrogens is 1. The van der Waals surface area contributed by atoms with Gasteiger partial charge in [-0.15, -0.1) is 0 Å². The molecule has 4 nitrogen and oxygen atoms in total. The van der Waals surface area contributed by atoms with Crippen LogP contribution in [0.2, 0.25) is 0 Å². The van der Waals surface area contributed by atoms with E-state index < -0.39 is 0 Å². The summed E-state index contributed by atoms with van der Waals surface area (Å²) in [7, 11) is 0. The Hall–Kier alpha value is -0.810. The smallest absolute Gasteiger partial charge is 0.0750 e. The third-order valence-corrected chi connectivity index (χ3v) is 3.15. The van der Waals surface area contributed by atoms with Gasteiger partial charge in [-0.05, 0) is 29.0 Å². The highest BCUT2D eigenvalue weighted by atomic mass is 79.9. The fraction of sp³-hybridized carbons (Fsp3) is 0.545. The summed E-state index contributed by atoms with van der Waals surface area (Å²) in [5, 5.41) is 3.33. The molecule has 5 heteroatoms. The van der Waals surface area contributed by atoms with E-state index in [0.29, 0.717) is 5.69 Å². The van der Waals surface area contributed by atoms with Crippen LogP contribution in [0, 0.1) is 0 Å². The van der Waals surface area contributed by atoms with Gasteiger partial charge in [-0.3, -0.25) is 4.98 Å². The van der Waals surface area contributed by atoms with E-state index >= 15 is 0 Å². The van der Waals surface area contributed by atoms with Gasteiger partial charge in [0, 0.05) is 19.3 Å². The number of halogens is 1. The highest BCUT2D eigenvalue weighted by Gasteiger charge is 2.04. The van der Waals surface area contributed by atoms with Crippen LogP contribution in [0.25, 0.3) is 0 Å². The highest BCUT2D eigenvalue weighted by molar-refractivity contribution is 9.10. The lowest BCUT2D eigenvalue weighted by atomic mass is 10.3. The lowest BCUT2D eigenvalue weighted by Crippen LogP contribution is -2.28. The molecule has 0 saturated heterocycles. The van der Waals surface area contributed by atoms with Crippen LogP contribution in [0.5, 0.6) is 0 Å². The molecule has 0 aliphatic rings. The zero-order chi connectivity index (χ0) is 12.0. The molecule has 0 atom stereocenters. The first kappa shape index (κ1) is 13.3. The van der Waals surface area contributed by atoms with Crippen LogP contribution in [0.3, 0.4) is 0 Å². The van der Waals surface area contributed by atoms with Gasteiger partial charge in [0.15, 0.2) is 0 Å². The van der Waals surface area contributed by atoms with E-state index in [2.05, 4.69) is 45.0 Å². The van der Waals surface area contributed by atoms with Crippen LogP contribution in [0.15, 0.2) is 16.9 Å². The molecule has 0 fully saturated rings. The Bertz CT molecular complexity index is 306. The third-order valence-electron chi connectivity index (χ3n) is 2.55. The predicted molar refractivity (Wildman–Crippen MR) is 72.6 cm³/mol. The molecule has 0 radical (unpaired) electrons. The van der Waals surface area contributed by atoms with Gasteiger partial charge in [0.1, 0.15) is 0 Å². The Labute approximate surface area is 105 Å². The highest BCUT2D eigenvalue weighted by Crippen LogP contribution is 2.26. The maximum atomic E-state index is 5.83. The van der Waals surface area contributed by atoms with Crippen molar-refractivity contribution < 1.29 is 0 Å². The van der Waals surface area contributed by atoms with Crippen molar-refractivity contribution >= 4 is 27.3 Å². The van der Waals surface area contributed by atoms with Crippen molar-refractivity contribution in [2.24, 2.45) is 0 Å². The van der Waals surface area contributed by atoms with E-state index in [0.717, 1.165) is 36.3 Å². The quantitative estimate of drug-likeness (QED) is 0.842. The normalized spacial score (nSPS) is 10.8. The predicted octanol–water partition coefficient (Wildman–Crippen LogP) is 2.18. The standard InChI is InChI=1S/C11H19BrN4/c1-3-16(4-2)6-5-15-11-9(12)7-14-8-10(11)13/h7-8H,3-6,13H2,1-2H3,(H,14,15). The summed E-state index contributed by atoms with van der Waals surface area (Å²) < 4.78 is 0.909. The number of nitrogens with one attached hydrogen (secondary N) is 1. The first-order valence-corrected chi connectivity index (χ1v) is 6.33. The zero-order valence-corrected chi connectivity index (χ0v) is 11.4. The summed E-state index contributed by atoms with van der Waals surface area (Å²) >= 11 is 3.43. The summed E-state index contributed by atoms with van der Waals surface area (Å²) in [6.07, 6.45) is 3.40.